The fourth-order valence-electron chi connectivity index (χ4n) is 1.84. The molecule has 0 radical (unpaired) electrons. The molecule has 0 saturated carbocycles. The van der Waals surface area contributed by atoms with Crippen LogP contribution < -0.4 is 5.73 Å². The summed E-state index contributed by atoms with van der Waals surface area (Å²) in [6, 6.07) is 7.64. The lowest BCUT2D eigenvalue weighted by atomic mass is 10.0. The number of benzene rings is 1. The van der Waals surface area contributed by atoms with Gasteiger partial charge in [0.05, 0.1) is 10.7 Å². The highest BCUT2D eigenvalue weighted by Crippen LogP contribution is 2.41. The quantitative estimate of drug-likeness (QED) is 0.848. The highest BCUT2D eigenvalue weighted by molar-refractivity contribution is 6.32. The third kappa shape index (κ3) is 2.66. The Morgan fingerprint density at radius 3 is 2.42 bits per heavy atom. The summed E-state index contributed by atoms with van der Waals surface area (Å²) in [6.45, 7) is 1.70. The Labute approximate surface area is 113 Å². The number of anilines is 1. The highest BCUT2D eigenvalue weighted by Gasteiger charge is 2.37. The number of nitrogens with two attached hydrogens (primary N) is 1. The van der Waals surface area contributed by atoms with E-state index in [1.54, 1.807) is 31.2 Å². The van der Waals surface area contributed by atoms with Crippen molar-refractivity contribution in [2.75, 3.05) is 5.73 Å². The second kappa shape index (κ2) is 4.74. The summed E-state index contributed by atoms with van der Waals surface area (Å²) in [5.74, 6) is -0.0451. The maximum Gasteiger partial charge on any atom is 0.419 e. The number of hydrogen-bond acceptors (Lipinski definition) is 2. The standard InChI is InChI=1S/C13H10ClF3N2/c1-7-4-2-3-5-8(7)12-11(13(15,16)17)9(14)6-10(18)19-12/h2-6H,1H3,(H2,18,19). The topological polar surface area (TPSA) is 38.9 Å². The summed E-state index contributed by atoms with van der Waals surface area (Å²) in [5, 5.41) is -0.446. The number of halogens is 4. The number of alkyl halides is 3. The van der Waals surface area contributed by atoms with Crippen LogP contribution in [0, 0.1) is 6.92 Å². The van der Waals surface area contributed by atoms with Crippen LogP contribution in [0.1, 0.15) is 11.1 Å². The average Bonchev–Trinajstić information content (AvgIpc) is 2.26. The highest BCUT2D eigenvalue weighted by atomic mass is 35.5. The van der Waals surface area contributed by atoms with Crippen LogP contribution in [0.25, 0.3) is 11.3 Å². The van der Waals surface area contributed by atoms with E-state index in [9.17, 15) is 13.2 Å². The zero-order chi connectivity index (χ0) is 14.2. The molecule has 100 valence electrons. The molecule has 6 heteroatoms. The van der Waals surface area contributed by atoms with E-state index in [0.29, 0.717) is 11.1 Å². The summed E-state index contributed by atoms with van der Waals surface area (Å²) < 4.78 is 39.3. The number of aromatic nitrogens is 1. The van der Waals surface area contributed by atoms with E-state index in [-0.39, 0.29) is 11.5 Å². The van der Waals surface area contributed by atoms with Crippen molar-refractivity contribution in [3.63, 3.8) is 0 Å². The van der Waals surface area contributed by atoms with Crippen molar-refractivity contribution in [1.82, 2.24) is 4.98 Å². The van der Waals surface area contributed by atoms with Crippen LogP contribution in [0.4, 0.5) is 19.0 Å². The van der Waals surface area contributed by atoms with E-state index in [1.807, 2.05) is 0 Å². The van der Waals surface area contributed by atoms with Gasteiger partial charge < -0.3 is 5.73 Å². The number of aryl methyl sites for hydroxylation is 1. The van der Waals surface area contributed by atoms with Crippen LogP contribution >= 0.6 is 11.6 Å². The van der Waals surface area contributed by atoms with Gasteiger partial charge in [0.25, 0.3) is 0 Å². The first-order valence-electron chi connectivity index (χ1n) is 5.40. The number of rotatable bonds is 1. The predicted octanol–water partition coefficient (Wildman–Crippen LogP) is 4.31. The van der Waals surface area contributed by atoms with Crippen molar-refractivity contribution in [2.45, 2.75) is 13.1 Å². The molecule has 1 heterocycles. The summed E-state index contributed by atoms with van der Waals surface area (Å²) in [6.07, 6.45) is -4.59. The third-order valence-corrected chi connectivity index (χ3v) is 2.97. The minimum Gasteiger partial charge on any atom is -0.384 e. The molecule has 2 nitrogen and oxygen atoms in total. The van der Waals surface area contributed by atoms with Crippen LogP contribution in [0.5, 0.6) is 0 Å². The molecule has 0 aliphatic rings. The van der Waals surface area contributed by atoms with Crippen molar-refractivity contribution in [2.24, 2.45) is 0 Å². The van der Waals surface area contributed by atoms with Crippen LogP contribution in [-0.2, 0) is 6.18 Å². The average molecular weight is 287 g/mol. The Hall–Kier alpha value is -1.75. The first-order valence-corrected chi connectivity index (χ1v) is 5.77. The van der Waals surface area contributed by atoms with Gasteiger partial charge in [-0.05, 0) is 18.6 Å². The predicted molar refractivity (Wildman–Crippen MR) is 68.8 cm³/mol. The maximum absolute atomic E-state index is 13.1. The maximum atomic E-state index is 13.1. The van der Waals surface area contributed by atoms with Crippen molar-refractivity contribution >= 4 is 17.4 Å². The van der Waals surface area contributed by atoms with Crippen LogP contribution in [-0.4, -0.2) is 4.98 Å². The molecule has 2 N–H and O–H groups in total. The van der Waals surface area contributed by atoms with Gasteiger partial charge in [0.1, 0.15) is 11.4 Å². The van der Waals surface area contributed by atoms with Gasteiger partial charge in [-0.25, -0.2) is 4.98 Å². The van der Waals surface area contributed by atoms with Crippen molar-refractivity contribution < 1.29 is 13.2 Å². The van der Waals surface area contributed by atoms with E-state index < -0.39 is 16.8 Å². The zero-order valence-electron chi connectivity index (χ0n) is 9.92. The van der Waals surface area contributed by atoms with Gasteiger partial charge in [-0.3, -0.25) is 0 Å². The molecule has 19 heavy (non-hydrogen) atoms. The van der Waals surface area contributed by atoms with Gasteiger partial charge in [0, 0.05) is 5.56 Å². The first kappa shape index (κ1) is 13.7. The Bertz CT molecular complexity index is 624. The van der Waals surface area contributed by atoms with Crippen molar-refractivity contribution in [3.05, 3.63) is 46.5 Å². The molecule has 0 spiro atoms. The Morgan fingerprint density at radius 2 is 1.84 bits per heavy atom. The van der Waals surface area contributed by atoms with E-state index in [0.717, 1.165) is 6.07 Å². The molecule has 0 unspecified atom stereocenters. The molecule has 1 aromatic heterocycles. The van der Waals surface area contributed by atoms with E-state index in [2.05, 4.69) is 4.98 Å². The molecule has 0 aliphatic heterocycles. The number of pyridine rings is 1. The van der Waals surface area contributed by atoms with Gasteiger partial charge in [0.15, 0.2) is 0 Å². The van der Waals surface area contributed by atoms with Crippen LogP contribution in [0.2, 0.25) is 5.02 Å². The lowest BCUT2D eigenvalue weighted by molar-refractivity contribution is -0.137. The van der Waals surface area contributed by atoms with Gasteiger partial charge in [0.2, 0.25) is 0 Å². The minimum absolute atomic E-state index is 0.0451. The number of nitrogen functional groups attached to an aromatic ring is 1. The van der Waals surface area contributed by atoms with Gasteiger partial charge in [-0.2, -0.15) is 13.2 Å². The SMILES string of the molecule is Cc1ccccc1-c1nc(N)cc(Cl)c1C(F)(F)F. The molecule has 0 atom stereocenters. The normalized spacial score (nSPS) is 11.6. The molecule has 2 aromatic rings. The second-order valence-corrected chi connectivity index (χ2v) is 4.47. The van der Waals surface area contributed by atoms with Gasteiger partial charge >= 0.3 is 6.18 Å². The number of nitrogens with zero attached hydrogens (tertiary/aromatic N) is 1. The second-order valence-electron chi connectivity index (χ2n) is 4.07. The fourth-order valence-corrected chi connectivity index (χ4v) is 2.14. The summed E-state index contributed by atoms with van der Waals surface area (Å²) in [4.78, 5) is 3.80. The van der Waals surface area contributed by atoms with E-state index in [1.165, 1.54) is 0 Å². The van der Waals surface area contributed by atoms with E-state index in [4.69, 9.17) is 17.3 Å². The molecule has 0 amide bonds. The van der Waals surface area contributed by atoms with E-state index >= 15 is 0 Å². The molecular formula is C13H10ClF3N2. The Balaban J connectivity index is 2.80. The smallest absolute Gasteiger partial charge is 0.384 e. The largest absolute Gasteiger partial charge is 0.419 e. The summed E-state index contributed by atoms with van der Waals surface area (Å²) in [5.41, 5.74) is 5.33. The molecule has 0 bridgehead atoms. The lowest BCUT2D eigenvalue weighted by Crippen LogP contribution is -2.11. The molecular weight excluding hydrogens is 277 g/mol. The van der Waals surface area contributed by atoms with Gasteiger partial charge in [-0.15, -0.1) is 0 Å². The van der Waals surface area contributed by atoms with Gasteiger partial charge in [-0.1, -0.05) is 35.9 Å². The van der Waals surface area contributed by atoms with Crippen molar-refractivity contribution in [3.8, 4) is 11.3 Å². The Morgan fingerprint density at radius 1 is 1.21 bits per heavy atom. The van der Waals surface area contributed by atoms with Crippen LogP contribution in [0.15, 0.2) is 30.3 Å². The molecule has 0 aliphatic carbocycles. The number of hydrogen-bond donors (Lipinski definition) is 1. The third-order valence-electron chi connectivity index (χ3n) is 2.67. The monoisotopic (exact) mass is 286 g/mol. The summed E-state index contributed by atoms with van der Waals surface area (Å²) >= 11 is 5.68. The van der Waals surface area contributed by atoms with Crippen LogP contribution in [0.3, 0.4) is 0 Å². The lowest BCUT2D eigenvalue weighted by Gasteiger charge is -2.15. The Kier molecular flexibility index (Phi) is 3.41. The zero-order valence-corrected chi connectivity index (χ0v) is 10.7. The molecule has 0 fully saturated rings. The molecule has 2 rings (SSSR count). The minimum atomic E-state index is -4.59. The molecule has 0 saturated heterocycles. The molecule has 1 aromatic carbocycles. The summed E-state index contributed by atoms with van der Waals surface area (Å²) in [7, 11) is 0. The van der Waals surface area contributed by atoms with Crippen molar-refractivity contribution in [1.29, 1.82) is 0 Å². The first-order chi connectivity index (χ1) is 8.80. The fraction of sp³-hybridized carbons (Fsp3) is 0.154.